The van der Waals surface area contributed by atoms with Crippen LogP contribution in [0.5, 0.6) is 0 Å². The molecule has 0 aliphatic carbocycles. The number of amides is 2. The molecule has 0 atom stereocenters. The van der Waals surface area contributed by atoms with Gasteiger partial charge in [-0.3, -0.25) is 0 Å². The number of carbonyl (C=O) groups excluding carboxylic acids is 1. The molecule has 0 radical (unpaired) electrons. The van der Waals surface area contributed by atoms with Crippen LogP contribution in [0.4, 0.5) is 4.79 Å². The molecule has 1 aliphatic rings. The van der Waals surface area contributed by atoms with E-state index in [1.165, 1.54) is 25.9 Å². The molecule has 0 aromatic rings. The maximum atomic E-state index is 11.2. The Kier molecular flexibility index (Phi) is 4.59. The van der Waals surface area contributed by atoms with Crippen molar-refractivity contribution in [1.82, 2.24) is 15.5 Å². The Bertz CT molecular complexity index is 232. The van der Waals surface area contributed by atoms with Crippen molar-refractivity contribution in [3.05, 3.63) is 0 Å². The maximum absolute atomic E-state index is 11.2. The molecule has 0 spiro atoms. The standard InChI is InChI=1S/C12H25N3O/c1-12(2,9-14-11(16)13-3)10-5-7-15(4)8-6-10/h10H,5-9H2,1-4H3,(H2,13,14,16). The number of likely N-dealkylation sites (tertiary alicyclic amines) is 1. The number of hydrogen-bond donors (Lipinski definition) is 2. The highest BCUT2D eigenvalue weighted by Crippen LogP contribution is 2.33. The van der Waals surface area contributed by atoms with Crippen molar-refractivity contribution in [3.8, 4) is 0 Å². The van der Waals surface area contributed by atoms with Crippen molar-refractivity contribution in [1.29, 1.82) is 0 Å². The number of hydrogen-bond acceptors (Lipinski definition) is 2. The van der Waals surface area contributed by atoms with Crippen LogP contribution in [0.3, 0.4) is 0 Å². The minimum Gasteiger partial charge on any atom is -0.341 e. The zero-order valence-electron chi connectivity index (χ0n) is 11.0. The van der Waals surface area contributed by atoms with Crippen LogP contribution in [0, 0.1) is 11.3 Å². The summed E-state index contributed by atoms with van der Waals surface area (Å²) < 4.78 is 0. The van der Waals surface area contributed by atoms with Gasteiger partial charge in [0, 0.05) is 13.6 Å². The quantitative estimate of drug-likeness (QED) is 0.763. The normalized spacial score (nSPS) is 19.5. The van der Waals surface area contributed by atoms with E-state index >= 15 is 0 Å². The maximum Gasteiger partial charge on any atom is 0.314 e. The second-order valence-corrected chi connectivity index (χ2v) is 5.50. The molecular weight excluding hydrogens is 202 g/mol. The largest absolute Gasteiger partial charge is 0.341 e. The Morgan fingerprint density at radius 2 is 1.94 bits per heavy atom. The third-order valence-electron chi connectivity index (χ3n) is 3.76. The molecule has 1 aliphatic heterocycles. The summed E-state index contributed by atoms with van der Waals surface area (Å²) in [5.41, 5.74) is 0.188. The van der Waals surface area contributed by atoms with Gasteiger partial charge in [0.2, 0.25) is 0 Å². The predicted octanol–water partition coefficient (Wildman–Crippen LogP) is 1.28. The van der Waals surface area contributed by atoms with Crippen LogP contribution >= 0.6 is 0 Å². The van der Waals surface area contributed by atoms with Crippen molar-refractivity contribution >= 4 is 6.03 Å². The van der Waals surface area contributed by atoms with Crippen LogP contribution in [0.15, 0.2) is 0 Å². The lowest BCUT2D eigenvalue weighted by Crippen LogP contribution is -2.45. The molecule has 1 fully saturated rings. The molecule has 0 aromatic heterocycles. The Morgan fingerprint density at radius 3 is 2.44 bits per heavy atom. The third kappa shape index (κ3) is 3.67. The Hall–Kier alpha value is -0.770. The van der Waals surface area contributed by atoms with Gasteiger partial charge in [0.25, 0.3) is 0 Å². The molecule has 1 rings (SSSR count). The van der Waals surface area contributed by atoms with Gasteiger partial charge < -0.3 is 15.5 Å². The summed E-state index contributed by atoms with van der Waals surface area (Å²) >= 11 is 0. The summed E-state index contributed by atoms with van der Waals surface area (Å²) in [5.74, 6) is 0.709. The summed E-state index contributed by atoms with van der Waals surface area (Å²) in [6.07, 6.45) is 2.47. The number of nitrogens with zero attached hydrogens (tertiary/aromatic N) is 1. The number of urea groups is 1. The smallest absolute Gasteiger partial charge is 0.314 e. The molecule has 0 saturated carbocycles. The van der Waals surface area contributed by atoms with E-state index in [1.807, 2.05) is 0 Å². The molecular formula is C12H25N3O. The molecule has 1 heterocycles. The molecule has 0 unspecified atom stereocenters. The Balaban J connectivity index is 2.40. The topological polar surface area (TPSA) is 44.4 Å². The fraction of sp³-hybridized carbons (Fsp3) is 0.917. The van der Waals surface area contributed by atoms with Crippen molar-refractivity contribution in [3.63, 3.8) is 0 Å². The fourth-order valence-corrected chi connectivity index (χ4v) is 2.33. The molecule has 94 valence electrons. The number of carbonyl (C=O) groups is 1. The first-order valence-electron chi connectivity index (χ1n) is 6.10. The molecule has 1 saturated heterocycles. The molecule has 4 heteroatoms. The molecule has 2 N–H and O–H groups in total. The van der Waals surface area contributed by atoms with Gasteiger partial charge in [0.05, 0.1) is 0 Å². The highest BCUT2D eigenvalue weighted by Gasteiger charge is 2.31. The van der Waals surface area contributed by atoms with Gasteiger partial charge in [-0.2, -0.15) is 0 Å². The number of rotatable bonds is 3. The minimum absolute atomic E-state index is 0.0824. The molecule has 16 heavy (non-hydrogen) atoms. The van der Waals surface area contributed by atoms with E-state index in [4.69, 9.17) is 0 Å². The first-order chi connectivity index (χ1) is 7.45. The van der Waals surface area contributed by atoms with Gasteiger partial charge in [-0.15, -0.1) is 0 Å². The lowest BCUT2D eigenvalue weighted by atomic mass is 9.73. The fourth-order valence-electron chi connectivity index (χ4n) is 2.33. The van der Waals surface area contributed by atoms with E-state index in [0.717, 1.165) is 6.54 Å². The van der Waals surface area contributed by atoms with Gasteiger partial charge in [-0.1, -0.05) is 13.8 Å². The summed E-state index contributed by atoms with van der Waals surface area (Å²) in [6, 6.07) is -0.0824. The minimum atomic E-state index is -0.0824. The summed E-state index contributed by atoms with van der Waals surface area (Å²) in [6.45, 7) is 7.60. The predicted molar refractivity (Wildman–Crippen MR) is 66.5 cm³/mol. The highest BCUT2D eigenvalue weighted by molar-refractivity contribution is 5.73. The van der Waals surface area contributed by atoms with Crippen molar-refractivity contribution in [2.24, 2.45) is 11.3 Å². The van der Waals surface area contributed by atoms with E-state index in [1.54, 1.807) is 7.05 Å². The van der Waals surface area contributed by atoms with Crippen molar-refractivity contribution < 1.29 is 4.79 Å². The van der Waals surface area contributed by atoms with Crippen LogP contribution in [-0.2, 0) is 0 Å². The monoisotopic (exact) mass is 227 g/mol. The molecule has 0 aromatic carbocycles. The van der Waals surface area contributed by atoms with Crippen molar-refractivity contribution in [2.75, 3.05) is 33.7 Å². The van der Waals surface area contributed by atoms with Gasteiger partial charge in [-0.05, 0) is 44.3 Å². The summed E-state index contributed by atoms with van der Waals surface area (Å²) in [5, 5.41) is 5.51. The lowest BCUT2D eigenvalue weighted by molar-refractivity contribution is 0.114. The van der Waals surface area contributed by atoms with E-state index < -0.39 is 0 Å². The Labute approximate surface area is 98.8 Å². The van der Waals surface area contributed by atoms with E-state index in [0.29, 0.717) is 5.92 Å². The van der Waals surface area contributed by atoms with Crippen LogP contribution in [0.25, 0.3) is 0 Å². The SMILES string of the molecule is CNC(=O)NCC(C)(C)C1CCN(C)CC1. The Morgan fingerprint density at radius 1 is 1.38 bits per heavy atom. The first-order valence-corrected chi connectivity index (χ1v) is 6.10. The second-order valence-electron chi connectivity index (χ2n) is 5.50. The first kappa shape index (κ1) is 13.3. The van der Waals surface area contributed by atoms with Crippen LogP contribution in [-0.4, -0.2) is 44.7 Å². The van der Waals surface area contributed by atoms with Gasteiger partial charge in [-0.25, -0.2) is 4.79 Å². The highest BCUT2D eigenvalue weighted by atomic mass is 16.2. The average Bonchev–Trinajstić information content (AvgIpc) is 2.26. The van der Waals surface area contributed by atoms with E-state index in [9.17, 15) is 4.79 Å². The van der Waals surface area contributed by atoms with Crippen LogP contribution in [0.1, 0.15) is 26.7 Å². The lowest BCUT2D eigenvalue weighted by Gasteiger charge is -2.39. The molecule has 2 amide bonds. The zero-order chi connectivity index (χ0) is 12.2. The summed E-state index contributed by atoms with van der Waals surface area (Å²) in [7, 11) is 3.82. The van der Waals surface area contributed by atoms with Crippen LogP contribution in [0.2, 0.25) is 0 Å². The summed E-state index contributed by atoms with van der Waals surface area (Å²) in [4.78, 5) is 13.5. The molecule has 4 nitrogen and oxygen atoms in total. The van der Waals surface area contributed by atoms with Gasteiger partial charge in [0.1, 0.15) is 0 Å². The average molecular weight is 227 g/mol. The van der Waals surface area contributed by atoms with Crippen molar-refractivity contribution in [2.45, 2.75) is 26.7 Å². The zero-order valence-corrected chi connectivity index (χ0v) is 11.0. The molecule has 0 bridgehead atoms. The van der Waals surface area contributed by atoms with Crippen LogP contribution < -0.4 is 10.6 Å². The van der Waals surface area contributed by atoms with Gasteiger partial charge >= 0.3 is 6.03 Å². The number of piperidine rings is 1. The van der Waals surface area contributed by atoms with E-state index in [-0.39, 0.29) is 11.4 Å². The number of nitrogens with one attached hydrogen (secondary N) is 2. The van der Waals surface area contributed by atoms with E-state index in [2.05, 4.69) is 36.4 Å². The second kappa shape index (κ2) is 5.53. The van der Waals surface area contributed by atoms with Gasteiger partial charge in [0.15, 0.2) is 0 Å². The third-order valence-corrected chi connectivity index (χ3v) is 3.76.